The lowest BCUT2D eigenvalue weighted by atomic mass is 10.1. The summed E-state index contributed by atoms with van der Waals surface area (Å²) in [5.41, 5.74) is 10.0. The maximum Gasteiger partial charge on any atom is 0.277 e. The van der Waals surface area contributed by atoms with Crippen LogP contribution in [0.4, 0.5) is 31.5 Å². The van der Waals surface area contributed by atoms with Gasteiger partial charge >= 0.3 is 0 Å². The molecule has 24 heteroatoms. The van der Waals surface area contributed by atoms with Gasteiger partial charge < -0.3 is 37.9 Å². The Morgan fingerprint density at radius 2 is 0.404 bits per heavy atom. The van der Waals surface area contributed by atoms with Crippen LogP contribution in [0, 0.1) is 25.5 Å². The average molecular weight is 1710 g/mol. The van der Waals surface area contributed by atoms with Crippen LogP contribution in [0.1, 0.15) is 61.1 Å². The standard InChI is InChI=1S/C24H23NO2S2.C22H17Cl2NO2S2.C22H17F2NO2S2.C22H19NO2S2/c1-4-19-9-11-20(12-10-19)25(23(28)26-21-13-5-17(2)6-14-21)24(29)27-22-15-7-18(3)8-16-22;2*1-2-15-3-9-18(10-4-15)25(21(28)26-19-11-5-16(23)6-12-19)22(29)27-20-13-7-17(24)8-14-20;1-2-17-13-15-18(16-14-17)23(21(26)24-19-9-5-3-6-10-19)22(27)25-20-11-7-4-8-12-20/h5-16H,4H2,1-3H3;2*3-14H,2H2,1H3;3-16H,2H2,1H3. The van der Waals surface area contributed by atoms with Gasteiger partial charge in [-0.25, -0.2) is 28.4 Å². The molecule has 0 N–H and O–H groups in total. The van der Waals surface area contributed by atoms with Gasteiger partial charge in [-0.2, -0.15) is 0 Å². The highest BCUT2D eigenvalue weighted by atomic mass is 35.5. The maximum atomic E-state index is 13.2. The molecule has 0 aromatic heterocycles. The number of hydrogen-bond donors (Lipinski definition) is 0. The Balaban J connectivity index is 0.000000174. The van der Waals surface area contributed by atoms with Gasteiger partial charge in [0.05, 0.1) is 22.7 Å². The monoisotopic (exact) mass is 1700 g/mol. The summed E-state index contributed by atoms with van der Waals surface area (Å²) in [7, 11) is 0. The van der Waals surface area contributed by atoms with Crippen LogP contribution in [-0.2, 0) is 25.7 Å². The van der Waals surface area contributed by atoms with E-state index in [-0.39, 0.29) is 53.0 Å². The minimum absolute atomic E-state index is 0.00738. The van der Waals surface area contributed by atoms with Crippen molar-refractivity contribution in [3.05, 3.63) is 358 Å². The Kier molecular flexibility index (Phi) is 34.3. The molecule has 12 aromatic carbocycles. The number of para-hydroxylation sites is 2. The van der Waals surface area contributed by atoms with Crippen molar-refractivity contribution in [1.29, 1.82) is 0 Å². The van der Waals surface area contributed by atoms with Gasteiger partial charge in [0.1, 0.15) is 57.6 Å². The molecule has 12 rings (SSSR count). The first-order chi connectivity index (χ1) is 55.0. The number of halogens is 4. The molecular weight excluding hydrogens is 1630 g/mol. The van der Waals surface area contributed by atoms with Gasteiger partial charge in [0.2, 0.25) is 0 Å². The summed E-state index contributed by atoms with van der Waals surface area (Å²) in [4.78, 5) is 6.25. The van der Waals surface area contributed by atoms with E-state index in [9.17, 15) is 8.78 Å². The fourth-order valence-electron chi connectivity index (χ4n) is 10.0. The van der Waals surface area contributed by atoms with Gasteiger partial charge in [-0.05, 0) is 354 Å². The Bertz CT molecular complexity index is 4550. The zero-order valence-corrected chi connectivity index (χ0v) is 70.6. The summed E-state index contributed by atoms with van der Waals surface area (Å²) < 4.78 is 72.8. The first kappa shape index (κ1) is 87.4. The van der Waals surface area contributed by atoms with E-state index in [2.05, 4.69) is 27.7 Å². The van der Waals surface area contributed by atoms with Crippen molar-refractivity contribution in [2.24, 2.45) is 0 Å². The Morgan fingerprint density at radius 3 is 0.588 bits per heavy atom. The predicted molar refractivity (Wildman–Crippen MR) is 490 cm³/mol. The van der Waals surface area contributed by atoms with Crippen LogP contribution in [0.5, 0.6) is 46.0 Å². The third kappa shape index (κ3) is 27.3. The van der Waals surface area contributed by atoms with Crippen molar-refractivity contribution in [3.63, 3.8) is 0 Å². The largest absolute Gasteiger partial charge is 0.431 e. The first-order valence-electron chi connectivity index (χ1n) is 35.6. The molecular formula is C90H76Cl2F2N4O8S8. The fourth-order valence-corrected chi connectivity index (χ4v) is 12.8. The molecule has 0 unspecified atom stereocenters. The number of ether oxygens (including phenoxy) is 8. The fraction of sp³-hybridized carbons (Fsp3) is 0.111. The number of benzene rings is 12. The molecule has 0 bridgehead atoms. The SMILES string of the molecule is CCc1ccc(N(C(=S)Oc2ccc(C)cc2)C(=S)Oc2ccc(C)cc2)cc1.CCc1ccc(N(C(=S)Oc2ccc(Cl)cc2)C(=S)Oc2ccc(Cl)cc2)cc1.CCc1ccc(N(C(=S)Oc2ccc(F)cc2)C(=S)Oc2ccc(F)cc2)cc1.CCc1ccc(N(C(=S)Oc2ccccc2)C(=S)Oc2ccccc2)cc1. The van der Waals surface area contributed by atoms with Crippen molar-refractivity contribution in [1.82, 2.24) is 0 Å². The smallest absolute Gasteiger partial charge is 0.277 e. The van der Waals surface area contributed by atoms with Crippen LogP contribution in [-0.4, -0.2) is 41.4 Å². The lowest BCUT2D eigenvalue weighted by Gasteiger charge is -2.25. The van der Waals surface area contributed by atoms with Crippen LogP contribution >= 0.6 is 121 Å². The Hall–Kier alpha value is -10.6. The van der Waals surface area contributed by atoms with Gasteiger partial charge in [-0.1, -0.05) is 171 Å². The van der Waals surface area contributed by atoms with Crippen molar-refractivity contribution >= 4 is 185 Å². The van der Waals surface area contributed by atoms with E-state index < -0.39 is 0 Å². The van der Waals surface area contributed by atoms with E-state index >= 15 is 0 Å². The minimum Gasteiger partial charge on any atom is -0.431 e. The van der Waals surface area contributed by atoms with Crippen molar-refractivity contribution < 1.29 is 46.7 Å². The van der Waals surface area contributed by atoms with Crippen LogP contribution in [0.25, 0.3) is 0 Å². The van der Waals surface area contributed by atoms with Crippen LogP contribution in [0.2, 0.25) is 10.0 Å². The predicted octanol–water partition coefficient (Wildman–Crippen LogP) is 25.3. The van der Waals surface area contributed by atoms with Gasteiger partial charge in [0.25, 0.3) is 41.4 Å². The topological polar surface area (TPSA) is 86.8 Å². The lowest BCUT2D eigenvalue weighted by molar-refractivity contribution is 0.526. The molecule has 580 valence electrons. The summed E-state index contributed by atoms with van der Waals surface area (Å²) in [6.07, 6.45) is 3.72. The third-order valence-electron chi connectivity index (χ3n) is 16.3. The summed E-state index contributed by atoms with van der Waals surface area (Å²) in [5.74, 6) is 3.61. The Morgan fingerprint density at radius 1 is 0.237 bits per heavy atom. The van der Waals surface area contributed by atoms with Gasteiger partial charge in [0, 0.05) is 10.0 Å². The van der Waals surface area contributed by atoms with Crippen molar-refractivity contribution in [2.45, 2.75) is 67.2 Å². The molecule has 0 aliphatic rings. The number of anilines is 4. The number of aryl methyl sites for hydroxylation is 6. The highest BCUT2D eigenvalue weighted by molar-refractivity contribution is 7.83. The molecule has 0 spiro atoms. The maximum absolute atomic E-state index is 13.2. The summed E-state index contributed by atoms with van der Waals surface area (Å²) >= 11 is 56.0. The quantitative estimate of drug-likeness (QED) is 0.0859. The molecule has 114 heavy (non-hydrogen) atoms. The molecule has 0 aliphatic heterocycles. The van der Waals surface area contributed by atoms with E-state index in [1.807, 2.05) is 220 Å². The molecule has 0 aliphatic carbocycles. The van der Waals surface area contributed by atoms with Crippen molar-refractivity contribution in [2.75, 3.05) is 19.6 Å². The molecule has 0 heterocycles. The number of nitrogens with zero attached hydrogens (tertiary/aromatic N) is 4. The van der Waals surface area contributed by atoms with E-state index in [0.717, 1.165) is 59.4 Å². The molecule has 12 aromatic rings. The second kappa shape index (κ2) is 44.7. The van der Waals surface area contributed by atoms with E-state index in [4.69, 9.17) is 159 Å². The summed E-state index contributed by atoms with van der Waals surface area (Å²) in [6, 6.07) is 90.4. The number of rotatable bonds is 16. The normalized spacial score (nSPS) is 10.3. The van der Waals surface area contributed by atoms with E-state index in [1.54, 1.807) is 63.2 Å². The molecule has 0 saturated heterocycles. The second-order valence-electron chi connectivity index (χ2n) is 24.4. The number of thiocarbonyl (C=S) groups is 8. The minimum atomic E-state index is -0.384. The average Bonchev–Trinajstić information content (AvgIpc) is 0.839. The van der Waals surface area contributed by atoms with Crippen molar-refractivity contribution in [3.8, 4) is 46.0 Å². The zero-order chi connectivity index (χ0) is 81.5. The highest BCUT2D eigenvalue weighted by Gasteiger charge is 2.26. The zero-order valence-electron chi connectivity index (χ0n) is 62.5. The summed E-state index contributed by atoms with van der Waals surface area (Å²) in [6.45, 7) is 12.4. The van der Waals surface area contributed by atoms with Crippen LogP contribution < -0.4 is 57.5 Å². The third-order valence-corrected chi connectivity index (χ3v) is 18.9. The molecule has 0 fully saturated rings. The summed E-state index contributed by atoms with van der Waals surface area (Å²) in [5, 5.41) is 2.31. The van der Waals surface area contributed by atoms with Crippen LogP contribution in [0.3, 0.4) is 0 Å². The second-order valence-corrected chi connectivity index (χ2v) is 28.1. The molecule has 0 saturated carbocycles. The molecule has 0 atom stereocenters. The lowest BCUT2D eigenvalue weighted by Crippen LogP contribution is -2.40. The van der Waals surface area contributed by atoms with E-state index in [0.29, 0.717) is 61.7 Å². The first-order valence-corrected chi connectivity index (χ1v) is 39.6. The molecule has 12 nitrogen and oxygen atoms in total. The molecule has 0 radical (unpaired) electrons. The van der Waals surface area contributed by atoms with Crippen LogP contribution in [0.15, 0.2) is 303 Å². The van der Waals surface area contributed by atoms with Gasteiger partial charge in [0.15, 0.2) is 0 Å². The highest BCUT2D eigenvalue weighted by Crippen LogP contribution is 2.29. The van der Waals surface area contributed by atoms with Gasteiger partial charge in [-0.3, -0.25) is 0 Å². The Labute approximate surface area is 716 Å². The van der Waals surface area contributed by atoms with Gasteiger partial charge in [-0.15, -0.1) is 0 Å². The van der Waals surface area contributed by atoms with E-state index in [1.165, 1.54) is 70.1 Å². The number of hydrogen-bond acceptors (Lipinski definition) is 16. The molecule has 0 amide bonds.